The molecule has 2 amide bonds. The molecular weight excluding hydrogens is 463 g/mol. The highest BCUT2D eigenvalue weighted by Gasteiger charge is 2.31. The van der Waals surface area contributed by atoms with Gasteiger partial charge in [-0.15, -0.1) is 0 Å². The fraction of sp³-hybridized carbons (Fsp3) is 0.370. The van der Waals surface area contributed by atoms with Crippen molar-refractivity contribution in [3.05, 3.63) is 60.2 Å². The quantitative estimate of drug-likeness (QED) is 0.521. The lowest BCUT2D eigenvalue weighted by Crippen LogP contribution is -2.40. The Kier molecular flexibility index (Phi) is 6.38. The Balaban J connectivity index is 1.54. The lowest BCUT2D eigenvalue weighted by Gasteiger charge is -2.36. The molecule has 8 nitrogen and oxygen atoms in total. The van der Waals surface area contributed by atoms with Gasteiger partial charge in [-0.2, -0.15) is 5.10 Å². The van der Waals surface area contributed by atoms with E-state index in [1.165, 1.54) is 11.0 Å². The summed E-state index contributed by atoms with van der Waals surface area (Å²) in [6.07, 6.45) is 5.63. The van der Waals surface area contributed by atoms with E-state index in [0.717, 1.165) is 28.8 Å². The second-order valence-electron chi connectivity index (χ2n) is 9.46. The summed E-state index contributed by atoms with van der Waals surface area (Å²) in [6, 6.07) is 10.3. The molecule has 1 N–H and O–H groups in total. The van der Waals surface area contributed by atoms with Crippen LogP contribution in [0.15, 0.2) is 48.8 Å². The third-order valence-corrected chi connectivity index (χ3v) is 7.16. The number of hydrogen-bond acceptors (Lipinski definition) is 4. The number of benzene rings is 2. The van der Waals surface area contributed by atoms with E-state index in [9.17, 15) is 19.1 Å². The van der Waals surface area contributed by atoms with E-state index >= 15 is 0 Å². The third-order valence-electron chi connectivity index (χ3n) is 7.16. The van der Waals surface area contributed by atoms with Crippen molar-refractivity contribution in [2.45, 2.75) is 51.6 Å². The fourth-order valence-electron chi connectivity index (χ4n) is 5.26. The number of fused-ring (bicyclic) bond motifs is 1. The topological polar surface area (TPSA) is 87.9 Å². The Morgan fingerprint density at radius 2 is 1.86 bits per heavy atom. The Hall–Kier alpha value is -3.88. The minimum atomic E-state index is -0.896. The van der Waals surface area contributed by atoms with Crippen LogP contribution in [0.4, 0.5) is 14.9 Å². The monoisotopic (exact) mass is 492 g/mol. The Labute approximate surface area is 208 Å². The summed E-state index contributed by atoms with van der Waals surface area (Å²) < 4.78 is 22.7. The van der Waals surface area contributed by atoms with Gasteiger partial charge in [0.2, 0.25) is 5.91 Å². The van der Waals surface area contributed by atoms with Crippen LogP contribution in [0.25, 0.3) is 11.1 Å². The van der Waals surface area contributed by atoms with Crippen LogP contribution in [0.5, 0.6) is 11.5 Å². The largest absolute Gasteiger partial charge is 0.465 e. The van der Waals surface area contributed by atoms with Gasteiger partial charge in [0.1, 0.15) is 5.75 Å². The van der Waals surface area contributed by atoms with E-state index in [-0.39, 0.29) is 23.7 Å². The van der Waals surface area contributed by atoms with Crippen LogP contribution in [0, 0.1) is 5.82 Å². The summed E-state index contributed by atoms with van der Waals surface area (Å²) in [5, 5.41) is 13.8. The van der Waals surface area contributed by atoms with Crippen LogP contribution in [-0.4, -0.2) is 50.9 Å². The number of carbonyl (C=O) groups is 2. The first kappa shape index (κ1) is 23.8. The number of hydrogen-bond donors (Lipinski definition) is 1. The molecule has 2 aliphatic rings. The molecule has 0 radical (unpaired) electrons. The highest BCUT2D eigenvalue weighted by Crippen LogP contribution is 2.45. The molecule has 1 aromatic heterocycles. The molecule has 1 atom stereocenters. The van der Waals surface area contributed by atoms with Gasteiger partial charge in [-0.25, -0.2) is 9.18 Å². The number of piperidine rings is 1. The molecule has 0 saturated carbocycles. The summed E-state index contributed by atoms with van der Waals surface area (Å²) in [4.78, 5) is 26.9. The van der Waals surface area contributed by atoms with Crippen LogP contribution < -0.4 is 9.64 Å². The van der Waals surface area contributed by atoms with Gasteiger partial charge in [0.05, 0.1) is 17.9 Å². The van der Waals surface area contributed by atoms with E-state index in [2.05, 4.69) is 5.10 Å². The normalized spacial score (nSPS) is 18.1. The van der Waals surface area contributed by atoms with Crippen molar-refractivity contribution in [2.24, 2.45) is 0 Å². The number of para-hydroxylation sites is 1. The van der Waals surface area contributed by atoms with Gasteiger partial charge in [0.25, 0.3) is 0 Å². The minimum Gasteiger partial charge on any atom is -0.465 e. The van der Waals surface area contributed by atoms with Crippen LogP contribution in [0.3, 0.4) is 0 Å². The molecule has 2 aliphatic heterocycles. The number of amides is 2. The van der Waals surface area contributed by atoms with E-state index in [1.54, 1.807) is 36.2 Å². The molecule has 0 aliphatic carbocycles. The molecule has 2 aromatic carbocycles. The standard InChI is InChI=1S/C27H29FN4O4/c1-17-7-8-22-24(32(17)18(2)33)10-9-21(26(22)36-25-6-4-3-5-23(25)28)19-15-29-31(16-19)20-11-13-30(14-12-20)27(34)35/h3-6,9-10,15-17,20H,7-8,11-14H2,1-2H3,(H,34,35). The first-order valence-corrected chi connectivity index (χ1v) is 12.2. The summed E-state index contributed by atoms with van der Waals surface area (Å²) >= 11 is 0. The molecule has 0 bridgehead atoms. The average Bonchev–Trinajstić information content (AvgIpc) is 3.35. The van der Waals surface area contributed by atoms with E-state index in [4.69, 9.17) is 4.74 Å². The smallest absolute Gasteiger partial charge is 0.407 e. The first-order chi connectivity index (χ1) is 17.3. The zero-order valence-corrected chi connectivity index (χ0v) is 20.4. The third kappa shape index (κ3) is 4.41. The minimum absolute atomic E-state index is 0.0476. The maximum atomic E-state index is 14.6. The van der Waals surface area contributed by atoms with Crippen molar-refractivity contribution in [3.8, 4) is 22.6 Å². The van der Waals surface area contributed by atoms with Crippen molar-refractivity contribution >= 4 is 17.7 Å². The van der Waals surface area contributed by atoms with E-state index in [0.29, 0.717) is 38.1 Å². The molecule has 36 heavy (non-hydrogen) atoms. The van der Waals surface area contributed by atoms with Crippen molar-refractivity contribution in [3.63, 3.8) is 0 Å². The summed E-state index contributed by atoms with van der Waals surface area (Å²) in [5.74, 6) is 0.132. The van der Waals surface area contributed by atoms with Gasteiger partial charge >= 0.3 is 6.09 Å². The highest BCUT2D eigenvalue weighted by atomic mass is 19.1. The fourth-order valence-corrected chi connectivity index (χ4v) is 5.26. The summed E-state index contributed by atoms with van der Waals surface area (Å²) in [6.45, 7) is 4.51. The molecule has 3 heterocycles. The van der Waals surface area contributed by atoms with Crippen molar-refractivity contribution in [2.75, 3.05) is 18.0 Å². The molecule has 1 saturated heterocycles. The molecule has 9 heteroatoms. The predicted octanol–water partition coefficient (Wildman–Crippen LogP) is 5.48. The molecule has 1 fully saturated rings. The van der Waals surface area contributed by atoms with Crippen LogP contribution >= 0.6 is 0 Å². The Morgan fingerprint density at radius 1 is 1.11 bits per heavy atom. The van der Waals surface area contributed by atoms with Crippen LogP contribution in [0.1, 0.15) is 44.7 Å². The van der Waals surface area contributed by atoms with Gasteiger partial charge in [0, 0.05) is 48.9 Å². The lowest BCUT2D eigenvalue weighted by atomic mass is 9.92. The number of carbonyl (C=O) groups excluding carboxylic acids is 1. The van der Waals surface area contributed by atoms with Gasteiger partial charge in [-0.1, -0.05) is 12.1 Å². The Morgan fingerprint density at radius 3 is 2.56 bits per heavy atom. The number of halogens is 1. The molecule has 188 valence electrons. The molecule has 0 spiro atoms. The van der Waals surface area contributed by atoms with E-state index in [1.807, 2.05) is 29.9 Å². The van der Waals surface area contributed by atoms with Crippen molar-refractivity contribution < 1.29 is 23.8 Å². The molecule has 5 rings (SSSR count). The predicted molar refractivity (Wildman–Crippen MR) is 133 cm³/mol. The second kappa shape index (κ2) is 9.64. The van der Waals surface area contributed by atoms with Gasteiger partial charge in [-0.05, 0) is 56.9 Å². The van der Waals surface area contributed by atoms with Crippen molar-refractivity contribution in [1.82, 2.24) is 14.7 Å². The number of carboxylic acid groups (broad SMARTS) is 1. The number of ether oxygens (including phenoxy) is 1. The molecular formula is C27H29FN4O4. The number of aromatic nitrogens is 2. The number of nitrogens with zero attached hydrogens (tertiary/aromatic N) is 4. The SMILES string of the molecule is CC(=O)N1c2ccc(-c3cnn(C4CCN(C(=O)O)CC4)c3)c(Oc3ccccc3F)c2CCC1C. The zero-order valence-electron chi connectivity index (χ0n) is 20.4. The average molecular weight is 493 g/mol. The molecule has 3 aromatic rings. The second-order valence-corrected chi connectivity index (χ2v) is 9.46. The number of anilines is 1. The maximum absolute atomic E-state index is 14.6. The van der Waals surface area contributed by atoms with Crippen LogP contribution in [-0.2, 0) is 11.2 Å². The Bertz CT molecular complexity index is 1300. The molecule has 1 unspecified atom stereocenters. The highest BCUT2D eigenvalue weighted by molar-refractivity contribution is 5.95. The number of likely N-dealkylation sites (tertiary alicyclic amines) is 1. The first-order valence-electron chi connectivity index (χ1n) is 12.2. The van der Waals surface area contributed by atoms with E-state index < -0.39 is 11.9 Å². The summed E-state index contributed by atoms with van der Waals surface area (Å²) in [5.41, 5.74) is 3.23. The van der Waals surface area contributed by atoms with Gasteiger partial charge < -0.3 is 19.6 Å². The summed E-state index contributed by atoms with van der Waals surface area (Å²) in [7, 11) is 0. The van der Waals surface area contributed by atoms with Gasteiger partial charge in [0.15, 0.2) is 11.6 Å². The van der Waals surface area contributed by atoms with Gasteiger partial charge in [-0.3, -0.25) is 9.48 Å². The van der Waals surface area contributed by atoms with Crippen molar-refractivity contribution in [1.29, 1.82) is 0 Å². The lowest BCUT2D eigenvalue weighted by molar-refractivity contribution is -0.117. The maximum Gasteiger partial charge on any atom is 0.407 e. The number of rotatable bonds is 4. The van der Waals surface area contributed by atoms with Crippen LogP contribution in [0.2, 0.25) is 0 Å². The zero-order chi connectivity index (χ0) is 25.4.